The summed E-state index contributed by atoms with van der Waals surface area (Å²) in [4.78, 5) is 26.5. The first kappa shape index (κ1) is 21.5. The van der Waals surface area contributed by atoms with Crippen molar-refractivity contribution in [3.63, 3.8) is 0 Å². The number of thioether (sulfide) groups is 1. The van der Waals surface area contributed by atoms with E-state index in [-0.39, 0.29) is 18.3 Å². The highest BCUT2D eigenvalue weighted by molar-refractivity contribution is 8.04. The van der Waals surface area contributed by atoms with E-state index in [1.54, 1.807) is 37.4 Å². The van der Waals surface area contributed by atoms with Gasteiger partial charge in [-0.05, 0) is 48.0 Å². The molecule has 3 aromatic rings. The van der Waals surface area contributed by atoms with Crippen molar-refractivity contribution in [2.75, 3.05) is 26.1 Å². The monoisotopic (exact) mass is 447 g/mol. The Labute approximate surface area is 190 Å². The van der Waals surface area contributed by atoms with Crippen LogP contribution in [0, 0.1) is 0 Å². The van der Waals surface area contributed by atoms with Gasteiger partial charge in [-0.1, -0.05) is 42.1 Å². The highest BCUT2D eigenvalue weighted by Gasteiger charge is 2.25. The van der Waals surface area contributed by atoms with Crippen LogP contribution in [0.5, 0.6) is 17.2 Å². The molecule has 162 valence electrons. The summed E-state index contributed by atoms with van der Waals surface area (Å²) in [5.74, 6) is 1.15. The lowest BCUT2D eigenvalue weighted by Crippen LogP contribution is -2.20. The molecule has 0 saturated heterocycles. The van der Waals surface area contributed by atoms with Gasteiger partial charge >= 0.3 is 0 Å². The molecule has 32 heavy (non-hydrogen) atoms. The van der Waals surface area contributed by atoms with Crippen molar-refractivity contribution in [3.05, 3.63) is 82.8 Å². The molecule has 0 aliphatic carbocycles. The summed E-state index contributed by atoms with van der Waals surface area (Å²) in [6.45, 7) is -0.196. The molecule has 4 rings (SSSR count). The van der Waals surface area contributed by atoms with Gasteiger partial charge in [0.25, 0.3) is 5.91 Å². The largest absolute Gasteiger partial charge is 0.495 e. The zero-order chi connectivity index (χ0) is 22.5. The average Bonchev–Trinajstić information content (AvgIpc) is 3.13. The summed E-state index contributed by atoms with van der Waals surface area (Å²) < 4.78 is 16.3. The number of para-hydroxylation sites is 2. The molecular weight excluding hydrogens is 426 g/mol. The van der Waals surface area contributed by atoms with Gasteiger partial charge in [-0.2, -0.15) is 0 Å². The first-order chi connectivity index (χ1) is 15.6. The Kier molecular flexibility index (Phi) is 6.47. The molecule has 7 heteroatoms. The van der Waals surface area contributed by atoms with E-state index in [2.05, 4.69) is 5.32 Å². The molecular formula is C25H21NO5S. The number of benzene rings is 3. The van der Waals surface area contributed by atoms with Crippen LogP contribution in [0.2, 0.25) is 0 Å². The number of ketones is 1. The first-order valence-corrected chi connectivity index (χ1v) is 10.7. The maximum atomic E-state index is 12.6. The fourth-order valence-corrected chi connectivity index (χ4v) is 4.31. The minimum Gasteiger partial charge on any atom is -0.495 e. The van der Waals surface area contributed by atoms with Crippen LogP contribution in [0.15, 0.2) is 76.5 Å². The van der Waals surface area contributed by atoms with E-state index in [9.17, 15) is 9.59 Å². The normalized spacial score (nSPS) is 13.6. The molecule has 0 spiro atoms. The molecule has 0 unspecified atom stereocenters. The van der Waals surface area contributed by atoms with Crippen molar-refractivity contribution in [1.29, 1.82) is 0 Å². The third kappa shape index (κ3) is 4.63. The molecule has 6 nitrogen and oxygen atoms in total. The number of fused-ring (bicyclic) bond motifs is 1. The Balaban J connectivity index is 1.44. The fourth-order valence-electron chi connectivity index (χ4n) is 3.26. The highest BCUT2D eigenvalue weighted by atomic mass is 32.2. The van der Waals surface area contributed by atoms with Crippen molar-refractivity contribution in [1.82, 2.24) is 0 Å². The van der Waals surface area contributed by atoms with Crippen LogP contribution >= 0.6 is 11.8 Å². The van der Waals surface area contributed by atoms with Gasteiger partial charge < -0.3 is 19.5 Å². The first-order valence-electron chi connectivity index (χ1n) is 9.86. The smallest absolute Gasteiger partial charge is 0.262 e. The van der Waals surface area contributed by atoms with E-state index in [0.29, 0.717) is 27.8 Å². The third-order valence-electron chi connectivity index (χ3n) is 4.80. The Bertz CT molecular complexity index is 1200. The van der Waals surface area contributed by atoms with Crippen molar-refractivity contribution in [2.45, 2.75) is 4.90 Å². The van der Waals surface area contributed by atoms with Gasteiger partial charge in [0.15, 0.2) is 18.1 Å². The van der Waals surface area contributed by atoms with E-state index < -0.39 is 0 Å². The van der Waals surface area contributed by atoms with Crippen LogP contribution in [0.4, 0.5) is 5.69 Å². The fraction of sp³-hybridized carbons (Fsp3) is 0.120. The number of rotatable bonds is 7. The molecule has 0 aromatic heterocycles. The quantitative estimate of drug-likeness (QED) is 0.511. The number of carbonyl (C=O) groups is 2. The number of hydrogen-bond donors (Lipinski definition) is 1. The second-order valence-corrected chi connectivity index (χ2v) is 7.97. The highest BCUT2D eigenvalue weighted by Crippen LogP contribution is 2.41. The third-order valence-corrected chi connectivity index (χ3v) is 5.90. The van der Waals surface area contributed by atoms with Gasteiger partial charge in [0.05, 0.1) is 24.8 Å². The van der Waals surface area contributed by atoms with Crippen LogP contribution in [0.1, 0.15) is 15.9 Å². The molecule has 3 aromatic carbocycles. The molecule has 1 heterocycles. The molecule has 0 atom stereocenters. The van der Waals surface area contributed by atoms with Gasteiger partial charge in [0, 0.05) is 10.5 Å². The Hall–Kier alpha value is -3.71. The molecule has 0 fully saturated rings. The maximum Gasteiger partial charge on any atom is 0.262 e. The van der Waals surface area contributed by atoms with Gasteiger partial charge in [-0.3, -0.25) is 9.59 Å². The zero-order valence-electron chi connectivity index (χ0n) is 17.6. The predicted octanol–water partition coefficient (Wildman–Crippen LogP) is 5.05. The summed E-state index contributed by atoms with van der Waals surface area (Å²) in [6, 6.07) is 20.0. The number of ether oxygens (including phenoxy) is 3. The van der Waals surface area contributed by atoms with E-state index in [4.69, 9.17) is 14.2 Å². The van der Waals surface area contributed by atoms with Crippen LogP contribution in [-0.2, 0) is 4.79 Å². The standard InChI is InChI=1S/C25H21NO5S/c1-29-19-9-5-4-8-18(19)26-24(27)15-31-20-12-11-16(13-21(20)30-2)14-23-25(28)17-7-3-6-10-22(17)32-23/h3-14H,15H2,1-2H3,(H,26,27)/b23-14+. The number of anilines is 1. The number of carbonyl (C=O) groups excluding carboxylic acids is 2. The number of nitrogens with one attached hydrogen (secondary N) is 1. The van der Waals surface area contributed by atoms with Gasteiger partial charge in [-0.25, -0.2) is 0 Å². The molecule has 0 radical (unpaired) electrons. The van der Waals surface area contributed by atoms with E-state index in [1.807, 2.05) is 42.5 Å². The number of allylic oxidation sites excluding steroid dienone is 1. The summed E-state index contributed by atoms with van der Waals surface area (Å²) in [6.07, 6.45) is 1.83. The molecule has 0 saturated carbocycles. The van der Waals surface area contributed by atoms with Gasteiger partial charge in [0.2, 0.25) is 5.78 Å². The predicted molar refractivity (Wildman–Crippen MR) is 125 cm³/mol. The topological polar surface area (TPSA) is 73.9 Å². The molecule has 0 bridgehead atoms. The summed E-state index contributed by atoms with van der Waals surface area (Å²) in [7, 11) is 3.07. The van der Waals surface area contributed by atoms with Crippen molar-refractivity contribution in [3.8, 4) is 17.2 Å². The summed E-state index contributed by atoms with van der Waals surface area (Å²) >= 11 is 1.45. The van der Waals surface area contributed by atoms with Gasteiger partial charge in [0.1, 0.15) is 5.75 Å². The second kappa shape index (κ2) is 9.62. The van der Waals surface area contributed by atoms with Crippen LogP contribution in [0.25, 0.3) is 6.08 Å². The lowest BCUT2D eigenvalue weighted by Gasteiger charge is -2.13. The summed E-state index contributed by atoms with van der Waals surface area (Å²) in [5, 5.41) is 2.76. The number of amides is 1. The Morgan fingerprint density at radius 1 is 0.938 bits per heavy atom. The molecule has 1 aliphatic rings. The van der Waals surface area contributed by atoms with Crippen LogP contribution in [-0.4, -0.2) is 32.5 Å². The Morgan fingerprint density at radius 3 is 2.47 bits per heavy atom. The van der Waals surface area contributed by atoms with E-state index >= 15 is 0 Å². The minimum atomic E-state index is -0.325. The molecule has 1 amide bonds. The maximum absolute atomic E-state index is 12.6. The second-order valence-electron chi connectivity index (χ2n) is 6.88. The average molecular weight is 448 g/mol. The minimum absolute atomic E-state index is 0.0119. The van der Waals surface area contributed by atoms with Crippen molar-refractivity contribution in [2.24, 2.45) is 0 Å². The zero-order valence-corrected chi connectivity index (χ0v) is 18.4. The van der Waals surface area contributed by atoms with Crippen LogP contribution in [0.3, 0.4) is 0 Å². The summed E-state index contributed by atoms with van der Waals surface area (Å²) in [5.41, 5.74) is 2.09. The van der Waals surface area contributed by atoms with Crippen LogP contribution < -0.4 is 19.5 Å². The van der Waals surface area contributed by atoms with E-state index in [0.717, 1.165) is 16.0 Å². The molecule has 1 aliphatic heterocycles. The Morgan fingerprint density at radius 2 is 1.69 bits per heavy atom. The SMILES string of the molecule is COc1ccccc1NC(=O)COc1ccc(/C=C2/Sc3ccccc3C2=O)cc1OC. The number of hydrogen-bond acceptors (Lipinski definition) is 6. The lowest BCUT2D eigenvalue weighted by molar-refractivity contribution is -0.118. The van der Waals surface area contributed by atoms with E-state index in [1.165, 1.54) is 18.9 Å². The van der Waals surface area contributed by atoms with Gasteiger partial charge in [-0.15, -0.1) is 0 Å². The van der Waals surface area contributed by atoms with Crippen molar-refractivity contribution >= 4 is 35.2 Å². The molecule has 1 N–H and O–H groups in total. The number of methoxy groups -OCH3 is 2. The van der Waals surface area contributed by atoms with Crippen molar-refractivity contribution < 1.29 is 23.8 Å². The number of Topliss-reactive ketones (excluding diaryl/α,β-unsaturated/α-hetero) is 1. The lowest BCUT2D eigenvalue weighted by atomic mass is 10.1.